The van der Waals surface area contributed by atoms with Crippen LogP contribution < -0.4 is 4.90 Å². The van der Waals surface area contributed by atoms with E-state index in [0.29, 0.717) is 16.3 Å². The molecule has 21 heavy (non-hydrogen) atoms. The number of carboxylic acid groups (broad SMARTS) is 1. The zero-order chi connectivity index (χ0) is 15.0. The number of hydrogen-bond donors (Lipinski definition) is 1. The molecule has 1 atom stereocenters. The van der Waals surface area contributed by atoms with Crippen LogP contribution in [-0.2, 0) is 9.59 Å². The van der Waals surface area contributed by atoms with E-state index < -0.39 is 11.9 Å². The van der Waals surface area contributed by atoms with Crippen molar-refractivity contribution >= 4 is 29.4 Å². The molecule has 1 unspecified atom stereocenters. The van der Waals surface area contributed by atoms with Crippen molar-refractivity contribution in [3.63, 3.8) is 0 Å². The van der Waals surface area contributed by atoms with E-state index in [-0.39, 0.29) is 24.8 Å². The smallest absolute Gasteiger partial charge is 0.308 e. The molecule has 1 amide bonds. The summed E-state index contributed by atoms with van der Waals surface area (Å²) in [5.41, 5.74) is 1.19. The standard InChI is InChI=1S/C14H11ClN2O4/c15-10-4-2-1-3-9(10)11-6-13(21-16-11)17-7-8(14(19)20)5-12(17)18/h1-4,6,8H,5,7H2,(H,19,20). The summed E-state index contributed by atoms with van der Waals surface area (Å²) in [6.45, 7) is 0.0886. The van der Waals surface area contributed by atoms with E-state index in [1.807, 2.05) is 6.07 Å². The average molecular weight is 307 g/mol. The maximum absolute atomic E-state index is 11.9. The summed E-state index contributed by atoms with van der Waals surface area (Å²) >= 11 is 6.08. The van der Waals surface area contributed by atoms with Crippen LogP contribution in [0.4, 0.5) is 5.88 Å². The second-order valence-corrected chi connectivity index (χ2v) is 5.18. The number of anilines is 1. The van der Waals surface area contributed by atoms with Crippen molar-refractivity contribution < 1.29 is 19.2 Å². The van der Waals surface area contributed by atoms with E-state index in [2.05, 4.69) is 5.16 Å². The third-order valence-electron chi connectivity index (χ3n) is 3.39. The average Bonchev–Trinajstić information content (AvgIpc) is 3.05. The molecule has 0 radical (unpaired) electrons. The van der Waals surface area contributed by atoms with Crippen LogP contribution in [0.3, 0.4) is 0 Å². The van der Waals surface area contributed by atoms with Gasteiger partial charge in [-0.05, 0) is 6.07 Å². The molecule has 1 aromatic carbocycles. The second-order valence-electron chi connectivity index (χ2n) is 4.77. The SMILES string of the molecule is O=C(O)C1CC(=O)N(c2cc(-c3ccccc3Cl)no2)C1. The fraction of sp³-hybridized carbons (Fsp3) is 0.214. The maximum atomic E-state index is 11.9. The van der Waals surface area contributed by atoms with E-state index >= 15 is 0 Å². The van der Waals surface area contributed by atoms with Gasteiger partial charge in [0.05, 0.1) is 10.9 Å². The van der Waals surface area contributed by atoms with Gasteiger partial charge in [-0.25, -0.2) is 0 Å². The van der Waals surface area contributed by atoms with Crippen molar-refractivity contribution in [2.24, 2.45) is 5.92 Å². The molecule has 1 fully saturated rings. The van der Waals surface area contributed by atoms with E-state index in [1.165, 1.54) is 4.90 Å². The summed E-state index contributed by atoms with van der Waals surface area (Å²) in [6.07, 6.45) is -0.0303. The molecule has 1 aliphatic heterocycles. The van der Waals surface area contributed by atoms with Gasteiger partial charge in [-0.2, -0.15) is 0 Å². The van der Waals surface area contributed by atoms with Gasteiger partial charge in [-0.3, -0.25) is 14.5 Å². The predicted molar refractivity (Wildman–Crippen MR) is 75.0 cm³/mol. The van der Waals surface area contributed by atoms with Crippen LogP contribution in [0.15, 0.2) is 34.9 Å². The van der Waals surface area contributed by atoms with Gasteiger partial charge in [0.2, 0.25) is 11.8 Å². The summed E-state index contributed by atoms with van der Waals surface area (Å²) in [4.78, 5) is 24.1. The lowest BCUT2D eigenvalue weighted by atomic mass is 10.1. The Morgan fingerprint density at radius 2 is 2.19 bits per heavy atom. The first-order chi connectivity index (χ1) is 10.1. The molecule has 7 heteroatoms. The number of carbonyl (C=O) groups excluding carboxylic acids is 1. The van der Waals surface area contributed by atoms with Crippen molar-refractivity contribution in [1.82, 2.24) is 5.16 Å². The van der Waals surface area contributed by atoms with Crippen LogP contribution in [0.5, 0.6) is 0 Å². The lowest BCUT2D eigenvalue weighted by Crippen LogP contribution is -2.25. The Kier molecular flexibility index (Phi) is 3.39. The van der Waals surface area contributed by atoms with Gasteiger partial charge in [-0.15, -0.1) is 0 Å². The van der Waals surface area contributed by atoms with Gasteiger partial charge < -0.3 is 9.63 Å². The van der Waals surface area contributed by atoms with Crippen LogP contribution >= 0.6 is 11.6 Å². The van der Waals surface area contributed by atoms with Crippen LogP contribution in [0, 0.1) is 5.92 Å². The number of hydrogen-bond acceptors (Lipinski definition) is 4. The second kappa shape index (κ2) is 5.21. The normalized spacial score (nSPS) is 18.2. The third-order valence-corrected chi connectivity index (χ3v) is 3.72. The number of aromatic nitrogens is 1. The molecule has 1 aliphatic rings. The van der Waals surface area contributed by atoms with Crippen molar-refractivity contribution in [2.45, 2.75) is 6.42 Å². The topological polar surface area (TPSA) is 83.6 Å². The molecule has 108 valence electrons. The number of amides is 1. The molecule has 1 N–H and O–H groups in total. The highest BCUT2D eigenvalue weighted by atomic mass is 35.5. The molecule has 2 aromatic rings. The molecule has 3 rings (SSSR count). The molecule has 6 nitrogen and oxygen atoms in total. The van der Waals surface area contributed by atoms with E-state index in [1.54, 1.807) is 24.3 Å². The van der Waals surface area contributed by atoms with Gasteiger partial charge >= 0.3 is 5.97 Å². The minimum absolute atomic E-state index is 0.0303. The Balaban J connectivity index is 1.88. The Morgan fingerprint density at radius 1 is 1.43 bits per heavy atom. The first-order valence-electron chi connectivity index (χ1n) is 6.31. The lowest BCUT2D eigenvalue weighted by Gasteiger charge is -2.10. The summed E-state index contributed by atoms with van der Waals surface area (Å²) in [6, 6.07) is 8.72. The summed E-state index contributed by atoms with van der Waals surface area (Å²) in [5, 5.41) is 13.4. The van der Waals surface area contributed by atoms with Gasteiger partial charge in [0, 0.05) is 24.6 Å². The number of benzene rings is 1. The highest BCUT2D eigenvalue weighted by molar-refractivity contribution is 6.33. The Hall–Kier alpha value is -2.34. The predicted octanol–water partition coefficient (Wildman–Crippen LogP) is 2.43. The number of aliphatic carboxylic acids is 1. The van der Waals surface area contributed by atoms with Crippen molar-refractivity contribution in [2.75, 3.05) is 11.4 Å². The number of carbonyl (C=O) groups is 2. The molecular formula is C14H11ClN2O4. The van der Waals surface area contributed by atoms with Gasteiger partial charge in [0.1, 0.15) is 5.69 Å². The van der Waals surface area contributed by atoms with E-state index in [0.717, 1.165) is 0 Å². The summed E-state index contributed by atoms with van der Waals surface area (Å²) < 4.78 is 5.16. The molecule has 0 aliphatic carbocycles. The molecular weight excluding hydrogens is 296 g/mol. The molecule has 0 saturated carbocycles. The van der Waals surface area contributed by atoms with Crippen LogP contribution in [0.25, 0.3) is 11.3 Å². The summed E-state index contributed by atoms with van der Waals surface area (Å²) in [5.74, 6) is -1.76. The third kappa shape index (κ3) is 2.50. The lowest BCUT2D eigenvalue weighted by molar-refractivity contribution is -0.141. The van der Waals surface area contributed by atoms with Crippen LogP contribution in [0.2, 0.25) is 5.02 Å². The monoisotopic (exact) mass is 306 g/mol. The number of nitrogens with zero attached hydrogens (tertiary/aromatic N) is 2. The van der Waals surface area contributed by atoms with E-state index in [4.69, 9.17) is 21.2 Å². The quantitative estimate of drug-likeness (QED) is 0.941. The Labute approximate surface area is 124 Å². The summed E-state index contributed by atoms with van der Waals surface area (Å²) in [7, 11) is 0. The first kappa shape index (κ1) is 13.6. The van der Waals surface area contributed by atoms with Crippen LogP contribution in [-0.4, -0.2) is 28.7 Å². The molecule has 1 saturated heterocycles. The molecule has 2 heterocycles. The van der Waals surface area contributed by atoms with Crippen molar-refractivity contribution in [1.29, 1.82) is 0 Å². The van der Waals surface area contributed by atoms with Crippen LogP contribution in [0.1, 0.15) is 6.42 Å². The molecule has 0 bridgehead atoms. The highest BCUT2D eigenvalue weighted by Gasteiger charge is 2.36. The number of halogens is 1. The van der Waals surface area contributed by atoms with E-state index in [9.17, 15) is 9.59 Å². The largest absolute Gasteiger partial charge is 0.481 e. The fourth-order valence-corrected chi connectivity index (χ4v) is 2.51. The Bertz CT molecular complexity index is 713. The van der Waals surface area contributed by atoms with Gasteiger partial charge in [-0.1, -0.05) is 35.0 Å². The number of rotatable bonds is 3. The minimum Gasteiger partial charge on any atom is -0.481 e. The van der Waals surface area contributed by atoms with Gasteiger partial charge in [0.15, 0.2) is 0 Å². The Morgan fingerprint density at radius 3 is 2.86 bits per heavy atom. The van der Waals surface area contributed by atoms with Crippen molar-refractivity contribution in [3.8, 4) is 11.3 Å². The van der Waals surface area contributed by atoms with Gasteiger partial charge in [0.25, 0.3) is 0 Å². The first-order valence-corrected chi connectivity index (χ1v) is 6.69. The maximum Gasteiger partial charge on any atom is 0.308 e. The fourth-order valence-electron chi connectivity index (χ4n) is 2.27. The zero-order valence-corrected chi connectivity index (χ0v) is 11.6. The minimum atomic E-state index is -0.989. The number of carboxylic acids is 1. The highest BCUT2D eigenvalue weighted by Crippen LogP contribution is 2.32. The van der Waals surface area contributed by atoms with Crippen molar-refractivity contribution in [3.05, 3.63) is 35.4 Å². The zero-order valence-electron chi connectivity index (χ0n) is 10.8. The molecule has 1 aromatic heterocycles. The molecule has 0 spiro atoms.